The summed E-state index contributed by atoms with van der Waals surface area (Å²) in [5.41, 5.74) is 5.31. The van der Waals surface area contributed by atoms with Gasteiger partial charge in [-0.05, 0) is 65.9 Å². The number of nitrogens with two attached hydrogens (primary N) is 1. The number of carboxylic acid groups (broad SMARTS) is 1. The molecule has 0 saturated heterocycles. The van der Waals surface area contributed by atoms with Crippen molar-refractivity contribution in [3.8, 4) is 11.4 Å². The van der Waals surface area contributed by atoms with Gasteiger partial charge in [0.1, 0.15) is 11.6 Å². The predicted octanol–water partition coefficient (Wildman–Crippen LogP) is 5.89. The molecule has 0 aliphatic rings. The molecule has 0 aliphatic heterocycles. The molecule has 0 aliphatic carbocycles. The van der Waals surface area contributed by atoms with Gasteiger partial charge in [-0.25, -0.2) is 28.3 Å². The number of anilines is 5. The Balaban J connectivity index is 1.51. The monoisotopic (exact) mass is 614 g/mol. The van der Waals surface area contributed by atoms with Crippen molar-refractivity contribution in [1.82, 2.24) is 19.5 Å². The zero-order valence-electron chi connectivity index (χ0n) is 25.2. The van der Waals surface area contributed by atoms with Gasteiger partial charge < -0.3 is 19.9 Å². The van der Waals surface area contributed by atoms with Gasteiger partial charge in [0.05, 0.1) is 21.6 Å². The maximum Gasteiger partial charge on any atom is 0.409 e. The van der Waals surface area contributed by atoms with Crippen molar-refractivity contribution in [2.45, 2.75) is 38.0 Å². The van der Waals surface area contributed by atoms with Crippen molar-refractivity contribution in [3.05, 3.63) is 78.0 Å². The highest BCUT2D eigenvalue weighted by Gasteiger charge is 2.25. The van der Waals surface area contributed by atoms with E-state index in [2.05, 4.69) is 41.4 Å². The van der Waals surface area contributed by atoms with Gasteiger partial charge in [-0.15, -0.1) is 0 Å². The number of carbonyl (C=O) groups is 1. The van der Waals surface area contributed by atoms with Crippen LogP contribution in [0.4, 0.5) is 33.6 Å². The number of aromatic nitrogens is 4. The summed E-state index contributed by atoms with van der Waals surface area (Å²) < 4.78 is 25.9. The van der Waals surface area contributed by atoms with Crippen LogP contribution in [0.2, 0.25) is 0 Å². The normalized spacial score (nSPS) is 11.9. The molecule has 3 aromatic carbocycles. The molecule has 44 heavy (non-hydrogen) atoms. The van der Waals surface area contributed by atoms with Crippen molar-refractivity contribution in [3.63, 3.8) is 0 Å². The molecule has 0 bridgehead atoms. The molecule has 2 aromatic heterocycles. The van der Waals surface area contributed by atoms with E-state index in [0.717, 1.165) is 27.8 Å². The summed E-state index contributed by atoms with van der Waals surface area (Å²) in [5, 5.41) is 20.5. The lowest BCUT2D eigenvalue weighted by molar-refractivity contribution is 0.209. The number of rotatable bonds is 7. The van der Waals surface area contributed by atoms with Gasteiger partial charge in [-0.3, -0.25) is 5.32 Å². The van der Waals surface area contributed by atoms with Crippen molar-refractivity contribution in [1.29, 1.82) is 0 Å². The molecule has 5 N–H and O–H groups in total. The highest BCUT2D eigenvalue weighted by molar-refractivity contribution is 7.89. The standard InChI is InChI=1S/C31H34N8O4S/c1-18-10-11-19(16-25(18)44(32,42)43)34-29-33-15-14-26(37-29)38(5)20-12-13-24-23(17-20)35-28(39(24)6)27-21(31(2,3)4)8-7-9-22(27)36-30(40)41/h7-17,36H,1-6H3,(H,40,41)(H2,32,42,43)(H,33,34,37). The van der Waals surface area contributed by atoms with Crippen LogP contribution in [0.25, 0.3) is 22.4 Å². The molecular formula is C31H34N8O4S. The number of benzene rings is 3. The van der Waals surface area contributed by atoms with E-state index in [9.17, 15) is 18.3 Å². The van der Waals surface area contributed by atoms with Gasteiger partial charge in [-0.2, -0.15) is 4.98 Å². The summed E-state index contributed by atoms with van der Waals surface area (Å²) >= 11 is 0. The number of imidazole rings is 1. The maximum absolute atomic E-state index is 12.0. The molecule has 13 heteroatoms. The fourth-order valence-corrected chi connectivity index (χ4v) is 5.91. The maximum atomic E-state index is 12.0. The summed E-state index contributed by atoms with van der Waals surface area (Å²) in [7, 11) is -0.111. The molecule has 12 nitrogen and oxygen atoms in total. The van der Waals surface area contributed by atoms with E-state index >= 15 is 0 Å². The topological polar surface area (TPSA) is 168 Å². The van der Waals surface area contributed by atoms with E-state index < -0.39 is 16.1 Å². The Labute approximate surface area is 255 Å². The average Bonchev–Trinajstić information content (AvgIpc) is 3.27. The first kappa shape index (κ1) is 30.4. The number of fused-ring (bicyclic) bond motifs is 1. The first-order chi connectivity index (χ1) is 20.6. The van der Waals surface area contributed by atoms with E-state index in [0.29, 0.717) is 28.6 Å². The third kappa shape index (κ3) is 6.05. The Morgan fingerprint density at radius 2 is 1.80 bits per heavy atom. The highest BCUT2D eigenvalue weighted by Crippen LogP contribution is 2.39. The van der Waals surface area contributed by atoms with Gasteiger partial charge in [0, 0.05) is 37.2 Å². The summed E-state index contributed by atoms with van der Waals surface area (Å²) in [4.78, 5) is 27.4. The number of nitrogens with one attached hydrogen (secondary N) is 2. The number of nitrogens with zero attached hydrogens (tertiary/aromatic N) is 5. The number of sulfonamides is 1. The SMILES string of the molecule is Cc1ccc(Nc2nccc(N(C)c3ccc4c(c3)nc(-c3c(NC(=O)O)cccc3C(C)(C)C)n4C)n2)cc1S(N)(=O)=O. The summed E-state index contributed by atoms with van der Waals surface area (Å²) in [5.74, 6) is 1.50. The van der Waals surface area contributed by atoms with Gasteiger partial charge in [0.25, 0.3) is 0 Å². The largest absolute Gasteiger partial charge is 0.465 e. The second kappa shape index (κ2) is 11.2. The average molecular weight is 615 g/mol. The van der Waals surface area contributed by atoms with E-state index in [1.807, 2.05) is 53.9 Å². The van der Waals surface area contributed by atoms with Crippen LogP contribution in [0.1, 0.15) is 31.9 Å². The van der Waals surface area contributed by atoms with Crippen LogP contribution < -0.4 is 20.7 Å². The number of hydrogen-bond donors (Lipinski definition) is 4. The van der Waals surface area contributed by atoms with E-state index in [1.54, 1.807) is 37.4 Å². The minimum Gasteiger partial charge on any atom is -0.465 e. The zero-order valence-corrected chi connectivity index (χ0v) is 26.1. The van der Waals surface area contributed by atoms with E-state index in [-0.39, 0.29) is 16.3 Å². The third-order valence-electron chi connectivity index (χ3n) is 7.32. The Morgan fingerprint density at radius 3 is 2.48 bits per heavy atom. The summed E-state index contributed by atoms with van der Waals surface area (Å²) in [6.07, 6.45) is 0.458. The highest BCUT2D eigenvalue weighted by atomic mass is 32.2. The van der Waals surface area contributed by atoms with Gasteiger partial charge in [0.15, 0.2) is 0 Å². The molecule has 0 atom stereocenters. The van der Waals surface area contributed by atoms with E-state index in [1.165, 1.54) is 6.07 Å². The molecule has 0 radical (unpaired) electrons. The van der Waals surface area contributed by atoms with Crippen LogP contribution in [-0.4, -0.2) is 46.2 Å². The first-order valence-corrected chi connectivity index (χ1v) is 15.3. The number of primary sulfonamides is 1. The first-order valence-electron chi connectivity index (χ1n) is 13.7. The second-order valence-electron chi connectivity index (χ2n) is 11.5. The predicted molar refractivity (Wildman–Crippen MR) is 172 cm³/mol. The molecule has 5 rings (SSSR count). The van der Waals surface area contributed by atoms with Crippen LogP contribution in [0.3, 0.4) is 0 Å². The van der Waals surface area contributed by atoms with Crippen LogP contribution in [-0.2, 0) is 22.5 Å². The van der Waals surface area contributed by atoms with Crippen molar-refractivity contribution in [2.75, 3.05) is 22.6 Å². The molecule has 0 saturated carbocycles. The molecule has 228 valence electrons. The van der Waals surface area contributed by atoms with Crippen LogP contribution in [0.5, 0.6) is 0 Å². The van der Waals surface area contributed by atoms with Crippen LogP contribution in [0.15, 0.2) is 71.8 Å². The van der Waals surface area contributed by atoms with Crippen molar-refractivity contribution in [2.24, 2.45) is 12.2 Å². The van der Waals surface area contributed by atoms with Crippen molar-refractivity contribution < 1.29 is 18.3 Å². The molecule has 0 spiro atoms. The number of aryl methyl sites for hydroxylation is 2. The molecule has 5 aromatic rings. The fourth-order valence-electron chi connectivity index (χ4n) is 5.10. The smallest absolute Gasteiger partial charge is 0.409 e. The van der Waals surface area contributed by atoms with Gasteiger partial charge >= 0.3 is 6.09 Å². The molecule has 2 heterocycles. The summed E-state index contributed by atoms with van der Waals surface area (Å²) in [6.45, 7) is 7.91. The van der Waals surface area contributed by atoms with Crippen molar-refractivity contribution >= 4 is 56.0 Å². The third-order valence-corrected chi connectivity index (χ3v) is 8.38. The Kier molecular flexibility index (Phi) is 7.78. The Bertz CT molecular complexity index is 2020. The van der Waals surface area contributed by atoms with Gasteiger partial charge in [-0.1, -0.05) is 39.0 Å². The molecular weight excluding hydrogens is 580 g/mol. The van der Waals surface area contributed by atoms with Crippen LogP contribution in [0, 0.1) is 6.92 Å². The minimum absolute atomic E-state index is 0.0230. The number of amides is 1. The quantitative estimate of drug-likeness (QED) is 0.175. The Hall–Kier alpha value is -5.01. The fraction of sp³-hybridized carbons (Fsp3) is 0.226. The molecule has 1 amide bonds. The molecule has 0 unspecified atom stereocenters. The van der Waals surface area contributed by atoms with E-state index in [4.69, 9.17) is 10.1 Å². The molecule has 0 fully saturated rings. The lowest BCUT2D eigenvalue weighted by Gasteiger charge is -2.24. The minimum atomic E-state index is -3.89. The number of hydrogen-bond acceptors (Lipinski definition) is 8. The Morgan fingerprint density at radius 1 is 1.05 bits per heavy atom. The van der Waals surface area contributed by atoms with Crippen LogP contribution >= 0.6 is 0 Å². The second-order valence-corrected chi connectivity index (χ2v) is 13.1. The van der Waals surface area contributed by atoms with Gasteiger partial charge in [0.2, 0.25) is 16.0 Å². The lowest BCUT2D eigenvalue weighted by atomic mass is 9.83. The lowest BCUT2D eigenvalue weighted by Crippen LogP contribution is -2.17. The summed E-state index contributed by atoms with van der Waals surface area (Å²) in [6, 6.07) is 18.0. The zero-order chi connectivity index (χ0) is 32.0.